The summed E-state index contributed by atoms with van der Waals surface area (Å²) in [7, 11) is -19.9. The molecule has 0 saturated heterocycles. The summed E-state index contributed by atoms with van der Waals surface area (Å²) in [4.78, 5) is 0.468. The summed E-state index contributed by atoms with van der Waals surface area (Å²) in [5.41, 5.74) is -0.548. The van der Waals surface area contributed by atoms with Crippen molar-refractivity contribution in [2.75, 3.05) is 10.6 Å². The van der Waals surface area contributed by atoms with Gasteiger partial charge in [-0.3, -0.25) is 18.2 Å². The van der Waals surface area contributed by atoms with Crippen LogP contribution >= 0.6 is 0 Å². The molecule has 0 bridgehead atoms. The Kier molecular flexibility index (Phi) is 8.00. The molecule has 0 aliphatic rings. The van der Waals surface area contributed by atoms with Crippen LogP contribution in [0.5, 0.6) is 0 Å². The Morgan fingerprint density at radius 1 is 0.650 bits per heavy atom. The van der Waals surface area contributed by atoms with E-state index in [1.807, 2.05) is 6.07 Å². The topological polar surface area (TPSA) is 278 Å². The van der Waals surface area contributed by atoms with Crippen LogP contribution in [0.4, 0.5) is 23.0 Å². The minimum absolute atomic E-state index is 0.153. The van der Waals surface area contributed by atoms with Gasteiger partial charge in [-0.2, -0.15) is 38.9 Å². The minimum Gasteiger partial charge on any atom is -0.339 e. The summed E-state index contributed by atoms with van der Waals surface area (Å²) in [5, 5.41) is 14.7. The first-order valence-corrected chi connectivity index (χ1v) is 16.0. The third-order valence-electron chi connectivity index (χ3n) is 5.43. The highest BCUT2D eigenvalue weighted by Crippen LogP contribution is 2.34. The number of aromatic nitrogens is 1. The van der Waals surface area contributed by atoms with Gasteiger partial charge < -0.3 is 10.6 Å². The lowest BCUT2D eigenvalue weighted by Gasteiger charge is -2.18. The molecule has 3 rings (SSSR count). The largest absolute Gasteiger partial charge is 0.339 e. The summed E-state index contributed by atoms with van der Waals surface area (Å²) < 4.78 is 131. The minimum atomic E-state index is -5.10. The molecule has 0 aliphatic carbocycles. The van der Waals surface area contributed by atoms with Crippen molar-refractivity contribution in [3.05, 3.63) is 53.1 Å². The zero-order chi connectivity index (χ0) is 30.4. The monoisotopic (exact) mass is 634 g/mol. The summed E-state index contributed by atoms with van der Waals surface area (Å²) >= 11 is 0. The van der Waals surface area contributed by atoms with E-state index in [9.17, 15) is 57.1 Å². The molecule has 214 valence electrons. The van der Waals surface area contributed by atoms with Crippen molar-refractivity contribution in [1.82, 2.24) is 4.98 Å². The van der Waals surface area contributed by atoms with E-state index in [4.69, 9.17) is 0 Å². The molecule has 0 saturated carbocycles. The standard InChI is InChI=1S/C20H18N4O12S4/c1-10-11(2)19(22-15-5-3-12(37(25,26)27)7-17(15)39(31,32)33)24-20(14(10)9-21)23-16-6-4-13(38(28,29)30)8-18(16)40(34,35)36/h3-8H,1-2H3,(H2,22,23,24)(H,25,26,27)(H,28,29,30)(H,31,32,33)(H,34,35,36). The van der Waals surface area contributed by atoms with Gasteiger partial charge in [0.25, 0.3) is 40.5 Å². The highest BCUT2D eigenvalue weighted by molar-refractivity contribution is 7.87. The first kappa shape index (κ1) is 30.9. The van der Waals surface area contributed by atoms with Gasteiger partial charge in [-0.25, -0.2) is 4.98 Å². The summed E-state index contributed by atoms with van der Waals surface area (Å²) in [6.07, 6.45) is 0. The lowest BCUT2D eigenvalue weighted by atomic mass is 10.1. The Labute approximate surface area is 228 Å². The van der Waals surface area contributed by atoms with E-state index in [0.717, 1.165) is 24.3 Å². The fourth-order valence-electron chi connectivity index (χ4n) is 3.36. The molecule has 0 radical (unpaired) electrons. The Balaban J connectivity index is 2.23. The molecule has 0 atom stereocenters. The van der Waals surface area contributed by atoms with E-state index >= 15 is 0 Å². The molecule has 3 aromatic rings. The number of hydrogen-bond donors (Lipinski definition) is 6. The van der Waals surface area contributed by atoms with Gasteiger partial charge in [0.2, 0.25) is 0 Å². The van der Waals surface area contributed by atoms with Gasteiger partial charge in [0.1, 0.15) is 21.7 Å². The van der Waals surface area contributed by atoms with Crippen LogP contribution in [0.1, 0.15) is 16.7 Å². The second-order valence-electron chi connectivity index (χ2n) is 8.01. The molecular formula is C20H18N4O12S4. The van der Waals surface area contributed by atoms with Gasteiger partial charge in [-0.1, -0.05) is 0 Å². The molecular weight excluding hydrogens is 617 g/mol. The molecule has 0 fully saturated rings. The van der Waals surface area contributed by atoms with Crippen LogP contribution in [0, 0.1) is 25.2 Å². The number of anilines is 4. The second-order valence-corrected chi connectivity index (χ2v) is 13.6. The molecule has 1 aromatic heterocycles. The first-order valence-electron chi connectivity index (χ1n) is 10.3. The van der Waals surface area contributed by atoms with Gasteiger partial charge in [0, 0.05) is 0 Å². The van der Waals surface area contributed by atoms with Crippen LogP contribution in [-0.2, 0) is 40.5 Å². The highest BCUT2D eigenvalue weighted by Gasteiger charge is 2.25. The molecule has 16 nitrogen and oxygen atoms in total. The molecule has 2 aromatic carbocycles. The molecule has 0 unspecified atom stereocenters. The normalized spacial score (nSPS) is 12.5. The third-order valence-corrected chi connectivity index (χ3v) is 8.92. The zero-order valence-electron chi connectivity index (χ0n) is 20.0. The molecule has 1 heterocycles. The fraction of sp³-hybridized carbons (Fsp3) is 0.100. The Morgan fingerprint density at radius 2 is 1.05 bits per heavy atom. The number of rotatable bonds is 8. The predicted molar refractivity (Wildman–Crippen MR) is 137 cm³/mol. The fourth-order valence-corrected chi connectivity index (χ4v) is 5.87. The lowest BCUT2D eigenvalue weighted by molar-refractivity contribution is 0.477. The molecule has 20 heteroatoms. The lowest BCUT2D eigenvalue weighted by Crippen LogP contribution is -2.11. The SMILES string of the molecule is Cc1c(Nc2ccc(S(=O)(=O)O)cc2S(=O)(=O)O)nc(Nc2ccc(S(=O)(=O)O)cc2S(=O)(=O)O)c(C#N)c1C. The van der Waals surface area contributed by atoms with E-state index in [0.29, 0.717) is 12.1 Å². The van der Waals surface area contributed by atoms with Crippen molar-refractivity contribution in [2.45, 2.75) is 33.4 Å². The van der Waals surface area contributed by atoms with Crippen molar-refractivity contribution < 1.29 is 51.9 Å². The van der Waals surface area contributed by atoms with E-state index in [1.54, 1.807) is 0 Å². The number of nitriles is 1. The molecule has 0 spiro atoms. The zero-order valence-corrected chi connectivity index (χ0v) is 23.3. The van der Waals surface area contributed by atoms with Crippen molar-refractivity contribution in [3.63, 3.8) is 0 Å². The average Bonchev–Trinajstić information content (AvgIpc) is 2.80. The maximum absolute atomic E-state index is 11.9. The highest BCUT2D eigenvalue weighted by atomic mass is 32.2. The Morgan fingerprint density at radius 3 is 1.40 bits per heavy atom. The molecule has 0 aliphatic heterocycles. The van der Waals surface area contributed by atoms with E-state index in [-0.39, 0.29) is 28.3 Å². The van der Waals surface area contributed by atoms with Crippen LogP contribution in [0.3, 0.4) is 0 Å². The van der Waals surface area contributed by atoms with Crippen LogP contribution in [0.25, 0.3) is 0 Å². The van der Waals surface area contributed by atoms with Crippen LogP contribution in [-0.4, -0.2) is 56.9 Å². The van der Waals surface area contributed by atoms with Crippen LogP contribution < -0.4 is 10.6 Å². The number of benzene rings is 2. The van der Waals surface area contributed by atoms with Gasteiger partial charge in [0.05, 0.1) is 26.7 Å². The number of nitrogens with one attached hydrogen (secondary N) is 2. The van der Waals surface area contributed by atoms with Gasteiger partial charge in [-0.05, 0) is 61.4 Å². The number of pyridine rings is 1. The third kappa shape index (κ3) is 6.54. The van der Waals surface area contributed by atoms with E-state index < -0.39 is 71.4 Å². The molecule has 0 amide bonds. The predicted octanol–water partition coefficient (Wildman–Crippen LogP) is 2.04. The van der Waals surface area contributed by atoms with Gasteiger partial charge in [-0.15, -0.1) is 0 Å². The van der Waals surface area contributed by atoms with E-state index in [1.165, 1.54) is 13.8 Å². The van der Waals surface area contributed by atoms with Crippen molar-refractivity contribution >= 4 is 63.5 Å². The van der Waals surface area contributed by atoms with Crippen LogP contribution in [0.15, 0.2) is 56.0 Å². The summed E-state index contributed by atoms with van der Waals surface area (Å²) in [6, 6.07) is 6.16. The maximum Gasteiger partial charge on any atom is 0.296 e. The Hall–Kier alpha value is -3.68. The quantitative estimate of drug-likeness (QED) is 0.193. The van der Waals surface area contributed by atoms with Gasteiger partial charge in [0.15, 0.2) is 5.82 Å². The summed E-state index contributed by atoms with van der Waals surface area (Å²) in [6.45, 7) is 2.90. The van der Waals surface area contributed by atoms with Crippen molar-refractivity contribution in [1.29, 1.82) is 5.26 Å². The average molecular weight is 635 g/mol. The maximum atomic E-state index is 11.9. The van der Waals surface area contributed by atoms with Crippen LogP contribution in [0.2, 0.25) is 0 Å². The molecule has 40 heavy (non-hydrogen) atoms. The van der Waals surface area contributed by atoms with Crippen molar-refractivity contribution in [3.8, 4) is 6.07 Å². The smallest absolute Gasteiger partial charge is 0.296 e. The summed E-state index contributed by atoms with van der Waals surface area (Å²) in [5.74, 6) is -0.535. The second kappa shape index (κ2) is 10.4. The first-order chi connectivity index (χ1) is 18.1. The number of hydrogen-bond acceptors (Lipinski definition) is 12. The van der Waals surface area contributed by atoms with E-state index in [2.05, 4.69) is 15.6 Å². The van der Waals surface area contributed by atoms with Gasteiger partial charge >= 0.3 is 0 Å². The van der Waals surface area contributed by atoms with Crippen molar-refractivity contribution in [2.24, 2.45) is 0 Å². The molecule has 6 N–H and O–H groups in total. The Bertz CT molecular complexity index is 2040. The number of nitrogens with zero attached hydrogens (tertiary/aromatic N) is 2.